The highest BCUT2D eigenvalue weighted by Crippen LogP contribution is 2.49. The minimum atomic E-state index is -1.13. The number of anilines is 1. The van der Waals surface area contributed by atoms with Crippen LogP contribution in [0.15, 0.2) is 54.9 Å². The number of hydrogen-bond acceptors (Lipinski definition) is 4. The fourth-order valence-corrected chi connectivity index (χ4v) is 3.92. The van der Waals surface area contributed by atoms with E-state index in [0.717, 1.165) is 0 Å². The van der Waals surface area contributed by atoms with Crippen molar-refractivity contribution in [2.45, 2.75) is 24.6 Å². The van der Waals surface area contributed by atoms with E-state index in [1.54, 1.807) is 31.3 Å². The normalized spacial score (nSPS) is 20.5. The molecular weight excluding hydrogens is 393 g/mol. The van der Waals surface area contributed by atoms with Crippen LogP contribution in [0.2, 0.25) is 0 Å². The van der Waals surface area contributed by atoms with E-state index >= 15 is 4.39 Å². The first-order valence-electron chi connectivity index (χ1n) is 9.36. The minimum Gasteiger partial charge on any atom is -0.366 e. The lowest BCUT2D eigenvalue weighted by molar-refractivity contribution is 0.0860. The van der Waals surface area contributed by atoms with Crippen LogP contribution in [0.5, 0.6) is 0 Å². The monoisotopic (exact) mass is 412 g/mol. The fourth-order valence-electron chi connectivity index (χ4n) is 3.92. The van der Waals surface area contributed by atoms with Gasteiger partial charge in [0.25, 0.3) is 0 Å². The zero-order valence-electron chi connectivity index (χ0n) is 16.1. The molecule has 1 fully saturated rings. The van der Waals surface area contributed by atoms with E-state index in [9.17, 15) is 13.6 Å². The quantitative estimate of drug-likeness (QED) is 0.688. The number of primary amides is 1. The molecule has 30 heavy (non-hydrogen) atoms. The highest BCUT2D eigenvalue weighted by molar-refractivity contribution is 5.94. The molecule has 2 aromatic heterocycles. The van der Waals surface area contributed by atoms with Crippen molar-refractivity contribution >= 4 is 11.7 Å². The molecule has 0 saturated heterocycles. The Morgan fingerprint density at radius 3 is 2.50 bits per heavy atom. The standard InChI is InChI=1S/C22H19F3N4O/c1-29(22(10-16(23)11-22)19-17(24)6-3-7-27-19)21-18(25)9-15(12-28-21)13-4-2-5-14(8-13)20(26)30/h2-9,12,16H,10-11H2,1H3,(H2,26,30). The SMILES string of the molecule is CN(c1ncc(-c2cccc(C(N)=O)c2)cc1F)C1(c2ncccc2F)CC(F)C1. The van der Waals surface area contributed by atoms with Gasteiger partial charge >= 0.3 is 0 Å². The second-order valence-electron chi connectivity index (χ2n) is 7.40. The number of carbonyl (C=O) groups excluding carboxylic acids is 1. The maximum atomic E-state index is 15.0. The van der Waals surface area contributed by atoms with Crippen LogP contribution in [-0.4, -0.2) is 29.1 Å². The summed E-state index contributed by atoms with van der Waals surface area (Å²) in [7, 11) is 1.55. The van der Waals surface area contributed by atoms with Crippen LogP contribution in [-0.2, 0) is 5.54 Å². The summed E-state index contributed by atoms with van der Waals surface area (Å²) in [4.78, 5) is 21.2. The highest BCUT2D eigenvalue weighted by atomic mass is 19.1. The third-order valence-corrected chi connectivity index (χ3v) is 5.58. The molecule has 1 amide bonds. The Bertz CT molecular complexity index is 1120. The van der Waals surface area contributed by atoms with Gasteiger partial charge in [0.2, 0.25) is 5.91 Å². The maximum Gasteiger partial charge on any atom is 0.248 e. The molecule has 0 aliphatic heterocycles. The van der Waals surface area contributed by atoms with Crippen molar-refractivity contribution in [3.05, 3.63) is 77.8 Å². The van der Waals surface area contributed by atoms with Crippen molar-refractivity contribution < 1.29 is 18.0 Å². The van der Waals surface area contributed by atoms with E-state index < -0.39 is 29.3 Å². The number of amides is 1. The van der Waals surface area contributed by atoms with E-state index in [0.29, 0.717) is 16.7 Å². The first kappa shape index (κ1) is 19.9. The summed E-state index contributed by atoms with van der Waals surface area (Å²) in [5, 5.41) is 0. The minimum absolute atomic E-state index is 0.0129. The van der Waals surface area contributed by atoms with Crippen LogP contribution in [0.1, 0.15) is 28.9 Å². The van der Waals surface area contributed by atoms with Crippen molar-refractivity contribution in [3.8, 4) is 11.1 Å². The molecule has 1 aromatic carbocycles. The molecule has 1 aliphatic rings. The molecule has 4 rings (SSSR count). The lowest BCUT2D eigenvalue weighted by Crippen LogP contribution is -2.56. The summed E-state index contributed by atoms with van der Waals surface area (Å²) in [5.41, 5.74) is 5.57. The van der Waals surface area contributed by atoms with Gasteiger partial charge in [-0.2, -0.15) is 0 Å². The zero-order valence-corrected chi connectivity index (χ0v) is 16.1. The molecule has 0 spiro atoms. The summed E-state index contributed by atoms with van der Waals surface area (Å²) in [6, 6.07) is 10.4. The second kappa shape index (κ2) is 7.44. The summed E-state index contributed by atoms with van der Waals surface area (Å²) in [5.74, 6) is -1.86. The second-order valence-corrected chi connectivity index (χ2v) is 7.40. The molecular formula is C22H19F3N4O. The van der Waals surface area contributed by atoms with Crippen LogP contribution in [0, 0.1) is 11.6 Å². The van der Waals surface area contributed by atoms with Crippen molar-refractivity contribution in [2.75, 3.05) is 11.9 Å². The van der Waals surface area contributed by atoms with Gasteiger partial charge in [0.15, 0.2) is 11.6 Å². The number of carbonyl (C=O) groups is 1. The average molecular weight is 412 g/mol. The van der Waals surface area contributed by atoms with Gasteiger partial charge < -0.3 is 10.6 Å². The number of hydrogen-bond donors (Lipinski definition) is 1. The Morgan fingerprint density at radius 2 is 1.87 bits per heavy atom. The third-order valence-electron chi connectivity index (χ3n) is 5.58. The van der Waals surface area contributed by atoms with Crippen molar-refractivity contribution in [3.63, 3.8) is 0 Å². The van der Waals surface area contributed by atoms with E-state index in [1.165, 1.54) is 35.5 Å². The molecule has 1 aliphatic carbocycles. The predicted molar refractivity (Wildman–Crippen MR) is 107 cm³/mol. The topological polar surface area (TPSA) is 72.1 Å². The van der Waals surface area contributed by atoms with Crippen LogP contribution >= 0.6 is 0 Å². The summed E-state index contributed by atoms with van der Waals surface area (Å²) >= 11 is 0. The molecule has 2 N–H and O–H groups in total. The van der Waals surface area contributed by atoms with Gasteiger partial charge in [0.1, 0.15) is 17.7 Å². The lowest BCUT2D eigenvalue weighted by Gasteiger charge is -2.50. The summed E-state index contributed by atoms with van der Waals surface area (Å²) in [6.45, 7) is 0. The van der Waals surface area contributed by atoms with E-state index in [1.807, 2.05) is 0 Å². The number of nitrogens with two attached hydrogens (primary N) is 1. The van der Waals surface area contributed by atoms with Gasteiger partial charge in [0, 0.05) is 43.4 Å². The molecule has 0 radical (unpaired) electrons. The van der Waals surface area contributed by atoms with Gasteiger partial charge in [-0.1, -0.05) is 12.1 Å². The molecule has 8 heteroatoms. The Labute approximate surface area is 171 Å². The number of benzene rings is 1. The first-order valence-corrected chi connectivity index (χ1v) is 9.36. The number of nitrogens with zero attached hydrogens (tertiary/aromatic N) is 3. The van der Waals surface area contributed by atoms with Crippen molar-refractivity contribution in [1.29, 1.82) is 0 Å². The van der Waals surface area contributed by atoms with Crippen LogP contribution in [0.25, 0.3) is 11.1 Å². The molecule has 5 nitrogen and oxygen atoms in total. The van der Waals surface area contributed by atoms with Gasteiger partial charge in [-0.25, -0.2) is 18.2 Å². The summed E-state index contributed by atoms with van der Waals surface area (Å²) < 4.78 is 43.3. The Balaban J connectivity index is 1.71. The van der Waals surface area contributed by atoms with Crippen molar-refractivity contribution in [2.24, 2.45) is 5.73 Å². The smallest absolute Gasteiger partial charge is 0.248 e. The Kier molecular flexibility index (Phi) is 4.93. The third kappa shape index (κ3) is 3.28. The van der Waals surface area contributed by atoms with Crippen LogP contribution in [0.3, 0.4) is 0 Å². The molecule has 0 unspecified atom stereocenters. The highest BCUT2D eigenvalue weighted by Gasteiger charge is 2.52. The number of aromatic nitrogens is 2. The van der Waals surface area contributed by atoms with E-state index in [2.05, 4.69) is 9.97 Å². The van der Waals surface area contributed by atoms with E-state index in [4.69, 9.17) is 5.73 Å². The molecule has 1 saturated carbocycles. The van der Waals surface area contributed by atoms with Gasteiger partial charge in [0.05, 0.1) is 5.54 Å². The lowest BCUT2D eigenvalue weighted by atomic mass is 9.71. The zero-order chi connectivity index (χ0) is 21.5. The van der Waals surface area contributed by atoms with Crippen molar-refractivity contribution in [1.82, 2.24) is 9.97 Å². The molecule has 154 valence electrons. The largest absolute Gasteiger partial charge is 0.366 e. The van der Waals surface area contributed by atoms with Gasteiger partial charge in [-0.3, -0.25) is 9.78 Å². The number of pyridine rings is 2. The molecule has 3 aromatic rings. The molecule has 0 atom stereocenters. The van der Waals surface area contributed by atoms with Crippen LogP contribution < -0.4 is 10.6 Å². The van der Waals surface area contributed by atoms with E-state index in [-0.39, 0.29) is 24.4 Å². The average Bonchev–Trinajstić information content (AvgIpc) is 2.71. The van der Waals surface area contributed by atoms with Gasteiger partial charge in [-0.05, 0) is 35.9 Å². The molecule has 0 bridgehead atoms. The van der Waals surface area contributed by atoms with Crippen LogP contribution in [0.4, 0.5) is 19.0 Å². The fraction of sp³-hybridized carbons (Fsp3) is 0.227. The molecule has 2 heterocycles. The maximum absolute atomic E-state index is 15.0. The first-order chi connectivity index (χ1) is 14.3. The Morgan fingerprint density at radius 1 is 1.10 bits per heavy atom. The predicted octanol–water partition coefficient (Wildman–Crippen LogP) is 3.98. The Hall–Kier alpha value is -3.42. The number of halogens is 3. The number of alkyl halides is 1. The van der Waals surface area contributed by atoms with Gasteiger partial charge in [-0.15, -0.1) is 0 Å². The summed E-state index contributed by atoms with van der Waals surface area (Å²) in [6.07, 6.45) is 1.72. The number of rotatable bonds is 5.